The number of amides is 4. The summed E-state index contributed by atoms with van der Waals surface area (Å²) in [6.45, 7) is 4.85. The Balaban J connectivity index is 1.34. The van der Waals surface area contributed by atoms with Gasteiger partial charge in [-0.05, 0) is 80.7 Å². The Kier molecular flexibility index (Phi) is 13.1. The second-order valence-corrected chi connectivity index (χ2v) is 13.5. The first-order chi connectivity index (χ1) is 25.2. The van der Waals surface area contributed by atoms with E-state index in [1.807, 2.05) is 65.6 Å². The van der Waals surface area contributed by atoms with Crippen molar-refractivity contribution in [3.05, 3.63) is 101 Å². The van der Waals surface area contributed by atoms with Gasteiger partial charge in [-0.15, -0.1) is 0 Å². The van der Waals surface area contributed by atoms with Crippen molar-refractivity contribution in [2.24, 2.45) is 0 Å². The summed E-state index contributed by atoms with van der Waals surface area (Å²) in [5, 5.41) is 8.94. The van der Waals surface area contributed by atoms with Crippen LogP contribution in [0.5, 0.6) is 5.75 Å². The molecule has 0 saturated carbocycles. The molecule has 1 aliphatic heterocycles. The molecule has 0 aromatic heterocycles. The maximum absolute atomic E-state index is 14.7. The van der Waals surface area contributed by atoms with Crippen LogP contribution in [0, 0.1) is 0 Å². The molecule has 5 rings (SSSR count). The molecule has 3 aromatic rings. The van der Waals surface area contributed by atoms with Crippen LogP contribution < -0.4 is 20.7 Å². The molecule has 11 heteroatoms. The number of carbonyl (C=O) groups is 5. The number of unbranched alkanes of at least 4 members (excludes halogenated alkanes) is 1. The zero-order valence-electron chi connectivity index (χ0n) is 30.3. The largest absolute Gasteiger partial charge is 0.496 e. The lowest BCUT2D eigenvalue weighted by molar-refractivity contribution is -0.148. The first-order valence-corrected chi connectivity index (χ1v) is 18.3. The molecule has 1 heterocycles. The van der Waals surface area contributed by atoms with Gasteiger partial charge in [-0.25, -0.2) is 4.79 Å². The number of piperidine rings is 1. The number of hydrogen-bond acceptors (Lipinski definition) is 7. The van der Waals surface area contributed by atoms with Crippen LogP contribution in [0.15, 0.2) is 78.9 Å². The van der Waals surface area contributed by atoms with Crippen LogP contribution in [0.1, 0.15) is 91.8 Å². The number of rotatable bonds is 14. The molecule has 3 aromatic carbocycles. The molecule has 0 radical (unpaired) electrons. The van der Waals surface area contributed by atoms with Gasteiger partial charge in [-0.3, -0.25) is 19.2 Å². The smallest absolute Gasteiger partial charge is 0.328 e. The van der Waals surface area contributed by atoms with E-state index < -0.39 is 23.3 Å². The molecule has 3 N–H and O–H groups in total. The molecule has 2 aliphatic rings. The summed E-state index contributed by atoms with van der Waals surface area (Å²) in [5.41, 5.74) is 1.66. The number of fused-ring (bicyclic) bond motifs is 1. The minimum absolute atomic E-state index is 0.00703. The van der Waals surface area contributed by atoms with Gasteiger partial charge in [-0.2, -0.15) is 0 Å². The maximum Gasteiger partial charge on any atom is 0.328 e. The monoisotopic (exact) mass is 710 g/mol. The van der Waals surface area contributed by atoms with Crippen molar-refractivity contribution in [2.45, 2.75) is 82.2 Å². The lowest BCUT2D eigenvalue weighted by atomic mass is 9.62. The Bertz CT molecular complexity index is 1720. The number of benzene rings is 3. The SMILES string of the molecule is CCOC(=O)[C@H](CCCCNC(C)=O)NC(=O)[C@@]1(c2ccccc2)CC[C@H](C(=O)N2CCC(NC(=O)c3ccccc3OC)CC2)c2ccccc21. The van der Waals surface area contributed by atoms with E-state index in [4.69, 9.17) is 9.47 Å². The molecule has 11 nitrogen and oxygen atoms in total. The molecule has 3 atom stereocenters. The fourth-order valence-corrected chi connectivity index (χ4v) is 7.56. The first-order valence-electron chi connectivity index (χ1n) is 18.3. The van der Waals surface area contributed by atoms with Crippen molar-refractivity contribution in [3.63, 3.8) is 0 Å². The zero-order chi connectivity index (χ0) is 37.1. The predicted octanol–water partition coefficient (Wildman–Crippen LogP) is 4.63. The molecule has 0 bridgehead atoms. The van der Waals surface area contributed by atoms with Crippen LogP contribution in [-0.2, 0) is 29.3 Å². The minimum atomic E-state index is -1.15. The van der Waals surface area contributed by atoms with Gasteiger partial charge < -0.3 is 30.3 Å². The summed E-state index contributed by atoms with van der Waals surface area (Å²) in [7, 11) is 1.54. The Morgan fingerprint density at radius 3 is 2.29 bits per heavy atom. The highest BCUT2D eigenvalue weighted by atomic mass is 16.5. The third-order valence-corrected chi connectivity index (χ3v) is 10.2. The number of likely N-dealkylation sites (tertiary alicyclic amines) is 1. The summed E-state index contributed by atoms with van der Waals surface area (Å²) in [6, 6.07) is 23.3. The van der Waals surface area contributed by atoms with Gasteiger partial charge >= 0.3 is 5.97 Å². The second-order valence-electron chi connectivity index (χ2n) is 13.5. The van der Waals surface area contributed by atoms with E-state index in [0.29, 0.717) is 75.9 Å². The Hall–Kier alpha value is -5.19. The normalized spacial score (nSPS) is 19.1. The highest BCUT2D eigenvalue weighted by molar-refractivity contribution is 5.98. The molecule has 1 aliphatic carbocycles. The topological polar surface area (TPSA) is 143 Å². The van der Waals surface area contributed by atoms with E-state index >= 15 is 0 Å². The van der Waals surface area contributed by atoms with Crippen LogP contribution in [-0.4, -0.2) is 79.9 Å². The summed E-state index contributed by atoms with van der Waals surface area (Å²) < 4.78 is 10.7. The van der Waals surface area contributed by atoms with Crippen molar-refractivity contribution in [1.82, 2.24) is 20.9 Å². The molecule has 0 unspecified atom stereocenters. The van der Waals surface area contributed by atoms with Crippen LogP contribution >= 0.6 is 0 Å². The number of ether oxygens (including phenoxy) is 2. The van der Waals surface area contributed by atoms with Crippen LogP contribution in [0.2, 0.25) is 0 Å². The van der Waals surface area contributed by atoms with E-state index in [1.165, 1.54) is 14.0 Å². The third kappa shape index (κ3) is 8.63. The van der Waals surface area contributed by atoms with E-state index in [2.05, 4.69) is 16.0 Å². The average Bonchev–Trinajstić information content (AvgIpc) is 3.17. The van der Waals surface area contributed by atoms with Gasteiger partial charge in [0, 0.05) is 32.6 Å². The highest BCUT2D eigenvalue weighted by Gasteiger charge is 2.49. The number of para-hydroxylation sites is 1. The second kappa shape index (κ2) is 17.8. The lowest BCUT2D eigenvalue weighted by Crippen LogP contribution is -2.54. The predicted molar refractivity (Wildman–Crippen MR) is 197 cm³/mol. The van der Waals surface area contributed by atoms with Crippen LogP contribution in [0.4, 0.5) is 0 Å². The van der Waals surface area contributed by atoms with Crippen LogP contribution in [0.25, 0.3) is 0 Å². The summed E-state index contributed by atoms with van der Waals surface area (Å²) in [6.07, 6.45) is 3.63. The standard InChI is InChI=1S/C41H50N4O7/c1-4-52-39(49)35(19-12-13-25-42-28(2)46)44-40(50)41(29-14-6-5-7-15-29)24-21-32(31-16-8-10-18-34(31)41)38(48)45-26-22-30(23-27-45)43-37(47)33-17-9-11-20-36(33)51-3/h5-11,14-18,20,30,32,35H,4,12-13,19,21-27H2,1-3H3,(H,42,46)(H,43,47)(H,44,50)/t32-,35-,41+/m0/s1. The van der Waals surface area contributed by atoms with Gasteiger partial charge in [0.1, 0.15) is 11.8 Å². The Morgan fingerprint density at radius 1 is 0.885 bits per heavy atom. The van der Waals surface area contributed by atoms with E-state index in [1.54, 1.807) is 25.1 Å². The lowest BCUT2D eigenvalue weighted by Gasteiger charge is -2.43. The molecule has 1 fully saturated rings. The summed E-state index contributed by atoms with van der Waals surface area (Å²) >= 11 is 0. The van der Waals surface area contributed by atoms with E-state index in [9.17, 15) is 24.0 Å². The van der Waals surface area contributed by atoms with Crippen molar-refractivity contribution >= 4 is 29.6 Å². The summed E-state index contributed by atoms with van der Waals surface area (Å²) in [4.78, 5) is 68.3. The van der Waals surface area contributed by atoms with E-state index in [-0.39, 0.29) is 36.3 Å². The molecule has 1 saturated heterocycles. The minimum Gasteiger partial charge on any atom is -0.496 e. The van der Waals surface area contributed by atoms with Gasteiger partial charge in [-0.1, -0.05) is 66.7 Å². The third-order valence-electron chi connectivity index (χ3n) is 10.2. The number of methoxy groups -OCH3 is 1. The van der Waals surface area contributed by atoms with Crippen molar-refractivity contribution in [3.8, 4) is 5.75 Å². The highest BCUT2D eigenvalue weighted by Crippen LogP contribution is 2.48. The molecule has 4 amide bonds. The number of carbonyl (C=O) groups excluding carboxylic acids is 5. The average molecular weight is 711 g/mol. The molecule has 276 valence electrons. The zero-order valence-corrected chi connectivity index (χ0v) is 30.3. The van der Waals surface area contributed by atoms with Gasteiger partial charge in [0.05, 0.1) is 30.6 Å². The van der Waals surface area contributed by atoms with E-state index in [0.717, 1.165) is 16.7 Å². The fourth-order valence-electron chi connectivity index (χ4n) is 7.56. The van der Waals surface area contributed by atoms with Crippen molar-refractivity contribution in [2.75, 3.05) is 33.4 Å². The Morgan fingerprint density at radius 2 is 1.58 bits per heavy atom. The van der Waals surface area contributed by atoms with Crippen molar-refractivity contribution in [1.29, 1.82) is 0 Å². The quantitative estimate of drug-likeness (QED) is 0.164. The number of nitrogens with one attached hydrogen (secondary N) is 3. The van der Waals surface area contributed by atoms with Gasteiger partial charge in [0.2, 0.25) is 17.7 Å². The molecule has 0 spiro atoms. The number of esters is 1. The maximum atomic E-state index is 14.7. The molecule has 52 heavy (non-hydrogen) atoms. The van der Waals surface area contributed by atoms with Gasteiger partial charge in [0.25, 0.3) is 5.91 Å². The number of nitrogens with zero attached hydrogens (tertiary/aromatic N) is 1. The molecular weight excluding hydrogens is 660 g/mol. The molecular formula is C41H50N4O7. The summed E-state index contributed by atoms with van der Waals surface area (Å²) in [5.74, 6) is -1.07. The number of hydrogen-bond donors (Lipinski definition) is 3. The first kappa shape index (κ1) is 38.1. The van der Waals surface area contributed by atoms with Gasteiger partial charge in [0.15, 0.2) is 0 Å². The van der Waals surface area contributed by atoms with Crippen molar-refractivity contribution < 1.29 is 33.4 Å². The van der Waals surface area contributed by atoms with Crippen LogP contribution in [0.3, 0.4) is 0 Å². The fraction of sp³-hybridized carbons (Fsp3) is 0.439. The Labute approximate surface area is 305 Å².